The predicted octanol–water partition coefficient (Wildman–Crippen LogP) is 1.18. The van der Waals surface area contributed by atoms with E-state index in [1.165, 1.54) is 6.92 Å². The van der Waals surface area contributed by atoms with Gasteiger partial charge in [-0.1, -0.05) is 17.7 Å². The maximum absolute atomic E-state index is 12.1. The number of aliphatic carboxylic acids is 1. The number of carbonyl (C=O) groups is 2. The number of carboxylic acids is 1. The van der Waals surface area contributed by atoms with E-state index in [1.807, 2.05) is 19.1 Å². The molecule has 5 nitrogen and oxygen atoms in total. The summed E-state index contributed by atoms with van der Waals surface area (Å²) in [5.74, 6) is -1.74. The molecule has 5 heteroatoms. The zero-order chi connectivity index (χ0) is 14.7. The van der Waals surface area contributed by atoms with Crippen LogP contribution in [0.3, 0.4) is 0 Å². The summed E-state index contributed by atoms with van der Waals surface area (Å²) < 4.78 is 0. The number of rotatable bonds is 4. The molecular weight excluding hydrogens is 246 g/mol. The van der Waals surface area contributed by atoms with Crippen LogP contribution in [0.1, 0.15) is 34.0 Å². The van der Waals surface area contributed by atoms with Crippen LogP contribution in [0.4, 0.5) is 0 Å². The minimum Gasteiger partial charge on any atom is -0.480 e. The van der Waals surface area contributed by atoms with Crippen LogP contribution in [0.15, 0.2) is 12.1 Å². The van der Waals surface area contributed by atoms with E-state index >= 15 is 0 Å². The van der Waals surface area contributed by atoms with E-state index in [1.54, 1.807) is 13.8 Å². The summed E-state index contributed by atoms with van der Waals surface area (Å²) in [6.07, 6.45) is -1.16. The van der Waals surface area contributed by atoms with Crippen LogP contribution in [0.25, 0.3) is 0 Å². The highest BCUT2D eigenvalue weighted by atomic mass is 16.4. The number of aryl methyl sites for hydroxylation is 3. The molecule has 1 rings (SSSR count). The normalized spacial score (nSPS) is 13.7. The zero-order valence-electron chi connectivity index (χ0n) is 11.5. The Labute approximate surface area is 112 Å². The van der Waals surface area contributed by atoms with Gasteiger partial charge in [-0.2, -0.15) is 0 Å². The molecule has 19 heavy (non-hydrogen) atoms. The van der Waals surface area contributed by atoms with Crippen molar-refractivity contribution in [2.45, 2.75) is 39.8 Å². The minimum absolute atomic E-state index is 0.456. The lowest BCUT2D eigenvalue weighted by Gasteiger charge is -2.19. The first-order valence-corrected chi connectivity index (χ1v) is 6.03. The van der Waals surface area contributed by atoms with Gasteiger partial charge < -0.3 is 15.5 Å². The summed E-state index contributed by atoms with van der Waals surface area (Å²) >= 11 is 0. The van der Waals surface area contributed by atoms with Gasteiger partial charge in [0, 0.05) is 5.56 Å². The smallest absolute Gasteiger partial charge is 0.328 e. The van der Waals surface area contributed by atoms with Crippen LogP contribution in [0, 0.1) is 20.8 Å². The molecule has 0 unspecified atom stereocenters. The number of aliphatic hydroxyl groups is 1. The summed E-state index contributed by atoms with van der Waals surface area (Å²) in [5, 5.41) is 20.7. The van der Waals surface area contributed by atoms with Gasteiger partial charge in [0.2, 0.25) is 0 Å². The number of amides is 1. The van der Waals surface area contributed by atoms with Gasteiger partial charge in [-0.3, -0.25) is 4.79 Å². The van der Waals surface area contributed by atoms with Gasteiger partial charge in [0.1, 0.15) is 0 Å². The average molecular weight is 265 g/mol. The van der Waals surface area contributed by atoms with Gasteiger partial charge >= 0.3 is 5.97 Å². The van der Waals surface area contributed by atoms with Crippen molar-refractivity contribution in [1.82, 2.24) is 5.32 Å². The molecule has 0 aliphatic carbocycles. The fourth-order valence-electron chi connectivity index (χ4n) is 2.14. The Morgan fingerprint density at radius 2 is 1.63 bits per heavy atom. The fourth-order valence-corrected chi connectivity index (χ4v) is 2.14. The molecule has 0 aromatic heterocycles. The molecule has 0 fully saturated rings. The van der Waals surface area contributed by atoms with Crippen LogP contribution in [-0.4, -0.2) is 34.2 Å². The van der Waals surface area contributed by atoms with Crippen molar-refractivity contribution in [2.24, 2.45) is 0 Å². The number of carboxylic acid groups (broad SMARTS) is 1. The van der Waals surface area contributed by atoms with Crippen molar-refractivity contribution in [3.05, 3.63) is 34.4 Å². The Hall–Kier alpha value is -1.88. The third kappa shape index (κ3) is 3.54. The molecule has 0 spiro atoms. The van der Waals surface area contributed by atoms with E-state index in [2.05, 4.69) is 5.32 Å². The molecule has 0 heterocycles. The van der Waals surface area contributed by atoms with Crippen LogP contribution in [-0.2, 0) is 4.79 Å². The Kier molecular flexibility index (Phi) is 4.67. The molecule has 0 aliphatic heterocycles. The maximum Gasteiger partial charge on any atom is 0.328 e. The molecule has 1 amide bonds. The highest BCUT2D eigenvalue weighted by molar-refractivity contribution is 5.99. The largest absolute Gasteiger partial charge is 0.480 e. The lowest BCUT2D eigenvalue weighted by molar-refractivity contribution is -0.141. The summed E-state index contributed by atoms with van der Waals surface area (Å²) in [6, 6.07) is 2.41. The zero-order valence-corrected chi connectivity index (χ0v) is 11.5. The molecular formula is C14H19NO4. The lowest BCUT2D eigenvalue weighted by Crippen LogP contribution is -2.47. The standard InChI is InChI=1S/C14H19NO4/c1-7-5-8(2)11(9(3)6-7)13(17)15-12(10(4)16)14(18)19/h5-6,10,12,16H,1-4H3,(H,15,17)(H,18,19)/t10-,12+/m1/s1. The van der Waals surface area contributed by atoms with Gasteiger partial charge in [0.25, 0.3) is 5.91 Å². The molecule has 1 aromatic carbocycles. The Balaban J connectivity index is 3.05. The number of aliphatic hydroxyl groups excluding tert-OH is 1. The first-order chi connectivity index (χ1) is 8.73. The Morgan fingerprint density at radius 3 is 2.00 bits per heavy atom. The number of hydrogen-bond acceptors (Lipinski definition) is 3. The first-order valence-electron chi connectivity index (χ1n) is 6.03. The van der Waals surface area contributed by atoms with Crippen molar-refractivity contribution >= 4 is 11.9 Å². The molecule has 0 saturated carbocycles. The summed E-state index contributed by atoms with van der Waals surface area (Å²) in [7, 11) is 0. The molecule has 0 saturated heterocycles. The van der Waals surface area contributed by atoms with Crippen molar-refractivity contribution in [3.8, 4) is 0 Å². The molecule has 2 atom stereocenters. The van der Waals surface area contributed by atoms with Crippen molar-refractivity contribution in [2.75, 3.05) is 0 Å². The number of hydrogen-bond donors (Lipinski definition) is 3. The van der Waals surface area contributed by atoms with Crippen LogP contribution in [0.2, 0.25) is 0 Å². The Morgan fingerprint density at radius 1 is 1.16 bits per heavy atom. The van der Waals surface area contributed by atoms with Crippen LogP contribution >= 0.6 is 0 Å². The number of carbonyl (C=O) groups excluding carboxylic acids is 1. The van der Waals surface area contributed by atoms with E-state index in [-0.39, 0.29) is 0 Å². The third-order valence-electron chi connectivity index (χ3n) is 2.94. The van der Waals surface area contributed by atoms with E-state index in [9.17, 15) is 14.7 Å². The van der Waals surface area contributed by atoms with Gasteiger partial charge in [-0.05, 0) is 38.8 Å². The second kappa shape index (κ2) is 5.84. The number of benzene rings is 1. The third-order valence-corrected chi connectivity index (χ3v) is 2.94. The molecule has 1 aromatic rings. The second-order valence-electron chi connectivity index (χ2n) is 4.80. The maximum atomic E-state index is 12.1. The molecule has 104 valence electrons. The highest BCUT2D eigenvalue weighted by Crippen LogP contribution is 2.16. The first kappa shape index (κ1) is 15.2. The Bertz CT molecular complexity index is 485. The fraction of sp³-hybridized carbons (Fsp3) is 0.429. The predicted molar refractivity (Wildman–Crippen MR) is 71.2 cm³/mol. The number of nitrogens with one attached hydrogen (secondary N) is 1. The monoisotopic (exact) mass is 265 g/mol. The van der Waals surface area contributed by atoms with Crippen molar-refractivity contribution < 1.29 is 19.8 Å². The topological polar surface area (TPSA) is 86.6 Å². The van der Waals surface area contributed by atoms with E-state index in [0.29, 0.717) is 5.56 Å². The van der Waals surface area contributed by atoms with E-state index in [4.69, 9.17) is 5.11 Å². The van der Waals surface area contributed by atoms with Crippen LogP contribution in [0.5, 0.6) is 0 Å². The highest BCUT2D eigenvalue weighted by Gasteiger charge is 2.26. The van der Waals surface area contributed by atoms with Gasteiger partial charge in [0.15, 0.2) is 6.04 Å². The molecule has 0 radical (unpaired) electrons. The van der Waals surface area contributed by atoms with Crippen molar-refractivity contribution in [3.63, 3.8) is 0 Å². The van der Waals surface area contributed by atoms with Crippen molar-refractivity contribution in [1.29, 1.82) is 0 Å². The van der Waals surface area contributed by atoms with E-state index in [0.717, 1.165) is 16.7 Å². The summed E-state index contributed by atoms with van der Waals surface area (Å²) in [6.45, 7) is 6.85. The van der Waals surface area contributed by atoms with Gasteiger partial charge in [0.05, 0.1) is 6.10 Å². The summed E-state index contributed by atoms with van der Waals surface area (Å²) in [4.78, 5) is 23.1. The second-order valence-corrected chi connectivity index (χ2v) is 4.80. The summed E-state index contributed by atoms with van der Waals surface area (Å²) in [5.41, 5.74) is 3.06. The minimum atomic E-state index is -1.31. The lowest BCUT2D eigenvalue weighted by atomic mass is 9.98. The van der Waals surface area contributed by atoms with E-state index < -0.39 is 24.0 Å². The van der Waals surface area contributed by atoms with Gasteiger partial charge in [-0.15, -0.1) is 0 Å². The van der Waals surface area contributed by atoms with Gasteiger partial charge in [-0.25, -0.2) is 4.79 Å². The SMILES string of the molecule is Cc1cc(C)c(C(=O)N[C@H](C(=O)O)[C@@H](C)O)c(C)c1. The van der Waals surface area contributed by atoms with Crippen LogP contribution < -0.4 is 5.32 Å². The average Bonchev–Trinajstić information content (AvgIpc) is 2.23. The molecule has 0 bridgehead atoms. The molecule has 0 aliphatic rings. The molecule has 3 N–H and O–H groups in total. The quantitative estimate of drug-likeness (QED) is 0.763.